The summed E-state index contributed by atoms with van der Waals surface area (Å²) in [4.78, 5) is 5.17. The predicted octanol–water partition coefficient (Wildman–Crippen LogP) is 2.43. The average Bonchev–Trinajstić information content (AvgIpc) is 2.43. The first-order chi connectivity index (χ1) is 9.08. The number of likely N-dealkylation sites (tertiary alicyclic amines) is 1. The molecule has 1 fully saturated rings. The molecule has 0 spiro atoms. The minimum absolute atomic E-state index is 0.633. The van der Waals surface area contributed by atoms with Gasteiger partial charge in [0.05, 0.1) is 0 Å². The van der Waals surface area contributed by atoms with E-state index in [1.165, 1.54) is 45.4 Å². The molecule has 1 heterocycles. The molecule has 0 aromatic rings. The highest BCUT2D eigenvalue weighted by Gasteiger charge is 2.24. The Bertz CT molecular complexity index is 222. The molecule has 3 heteroatoms. The lowest BCUT2D eigenvalue weighted by Crippen LogP contribution is -2.49. The maximum absolute atomic E-state index is 3.71. The molecule has 114 valence electrons. The molecular formula is C16H35N3. The van der Waals surface area contributed by atoms with E-state index in [1.807, 2.05) is 0 Å². The summed E-state index contributed by atoms with van der Waals surface area (Å²) >= 11 is 0. The molecule has 1 saturated heterocycles. The predicted molar refractivity (Wildman–Crippen MR) is 84.7 cm³/mol. The van der Waals surface area contributed by atoms with Crippen LogP contribution in [0.1, 0.15) is 47.0 Å². The van der Waals surface area contributed by atoms with Crippen molar-refractivity contribution < 1.29 is 0 Å². The van der Waals surface area contributed by atoms with Crippen LogP contribution in [-0.4, -0.2) is 61.7 Å². The average molecular weight is 269 g/mol. The quantitative estimate of drug-likeness (QED) is 0.730. The van der Waals surface area contributed by atoms with E-state index in [0.29, 0.717) is 12.0 Å². The number of likely N-dealkylation sites (N-methyl/N-ethyl adjacent to an activating group) is 1. The SMILES string of the molecule is CCCNC(CN(C)C1CCN(CC)CC1)C(C)C. The van der Waals surface area contributed by atoms with Crippen LogP contribution in [0.15, 0.2) is 0 Å². The van der Waals surface area contributed by atoms with Crippen molar-refractivity contribution in [2.45, 2.75) is 59.0 Å². The maximum atomic E-state index is 3.71. The van der Waals surface area contributed by atoms with Gasteiger partial charge in [0.2, 0.25) is 0 Å². The first-order valence-corrected chi connectivity index (χ1v) is 8.24. The molecule has 0 saturated carbocycles. The van der Waals surface area contributed by atoms with Crippen molar-refractivity contribution in [2.24, 2.45) is 5.92 Å². The van der Waals surface area contributed by atoms with Crippen molar-refractivity contribution >= 4 is 0 Å². The molecule has 19 heavy (non-hydrogen) atoms. The summed E-state index contributed by atoms with van der Waals surface area (Å²) in [5.74, 6) is 0.713. The minimum atomic E-state index is 0.633. The normalized spacial score (nSPS) is 20.4. The second-order valence-corrected chi connectivity index (χ2v) is 6.41. The zero-order chi connectivity index (χ0) is 14.3. The van der Waals surface area contributed by atoms with E-state index in [-0.39, 0.29) is 0 Å². The van der Waals surface area contributed by atoms with Crippen LogP contribution in [0.25, 0.3) is 0 Å². The molecule has 0 aliphatic carbocycles. The summed E-state index contributed by atoms with van der Waals surface area (Å²) < 4.78 is 0. The molecule has 1 atom stereocenters. The van der Waals surface area contributed by atoms with Crippen LogP contribution in [-0.2, 0) is 0 Å². The van der Waals surface area contributed by atoms with Crippen LogP contribution in [0, 0.1) is 5.92 Å². The Hall–Kier alpha value is -0.120. The highest BCUT2D eigenvalue weighted by molar-refractivity contribution is 4.82. The molecule has 1 unspecified atom stereocenters. The highest BCUT2D eigenvalue weighted by Crippen LogP contribution is 2.16. The Balaban J connectivity index is 2.37. The van der Waals surface area contributed by atoms with Crippen molar-refractivity contribution in [1.29, 1.82) is 0 Å². The van der Waals surface area contributed by atoms with Gasteiger partial charge in [0.25, 0.3) is 0 Å². The Morgan fingerprint density at radius 2 is 1.84 bits per heavy atom. The van der Waals surface area contributed by atoms with Gasteiger partial charge >= 0.3 is 0 Å². The zero-order valence-corrected chi connectivity index (χ0v) is 13.8. The van der Waals surface area contributed by atoms with Crippen molar-refractivity contribution in [1.82, 2.24) is 15.1 Å². The van der Waals surface area contributed by atoms with Crippen LogP contribution >= 0.6 is 0 Å². The summed E-state index contributed by atoms with van der Waals surface area (Å²) in [6, 6.07) is 1.42. The summed E-state index contributed by atoms with van der Waals surface area (Å²) in [5, 5.41) is 3.71. The third-order valence-corrected chi connectivity index (χ3v) is 4.57. The van der Waals surface area contributed by atoms with Gasteiger partial charge in [-0.1, -0.05) is 27.7 Å². The van der Waals surface area contributed by atoms with Crippen LogP contribution in [0.5, 0.6) is 0 Å². The molecule has 0 bridgehead atoms. The van der Waals surface area contributed by atoms with Gasteiger partial charge in [-0.3, -0.25) is 0 Å². The first-order valence-electron chi connectivity index (χ1n) is 8.24. The van der Waals surface area contributed by atoms with Crippen molar-refractivity contribution in [3.8, 4) is 0 Å². The summed E-state index contributed by atoms with van der Waals surface area (Å²) in [5.41, 5.74) is 0. The van der Waals surface area contributed by atoms with Gasteiger partial charge in [0, 0.05) is 18.6 Å². The zero-order valence-electron chi connectivity index (χ0n) is 13.8. The van der Waals surface area contributed by atoms with Gasteiger partial charge in [-0.15, -0.1) is 0 Å². The lowest BCUT2D eigenvalue weighted by atomic mass is 9.99. The molecule has 0 aromatic carbocycles. The van der Waals surface area contributed by atoms with Crippen LogP contribution in [0.4, 0.5) is 0 Å². The summed E-state index contributed by atoms with van der Waals surface area (Å²) in [6.45, 7) is 15.3. The number of hydrogen-bond acceptors (Lipinski definition) is 3. The number of rotatable bonds is 8. The smallest absolute Gasteiger partial charge is 0.0217 e. The molecule has 0 radical (unpaired) electrons. The Morgan fingerprint density at radius 3 is 2.32 bits per heavy atom. The second-order valence-electron chi connectivity index (χ2n) is 6.41. The molecule has 1 aliphatic heterocycles. The largest absolute Gasteiger partial charge is 0.312 e. The number of nitrogens with one attached hydrogen (secondary N) is 1. The Labute approximate surface area is 120 Å². The fourth-order valence-corrected chi connectivity index (χ4v) is 2.98. The lowest BCUT2D eigenvalue weighted by Gasteiger charge is -2.38. The van der Waals surface area contributed by atoms with Crippen molar-refractivity contribution in [2.75, 3.05) is 39.8 Å². The topological polar surface area (TPSA) is 18.5 Å². The number of hydrogen-bond donors (Lipinski definition) is 1. The molecule has 1 N–H and O–H groups in total. The second kappa shape index (κ2) is 8.93. The van der Waals surface area contributed by atoms with Gasteiger partial charge in [-0.25, -0.2) is 0 Å². The van der Waals surface area contributed by atoms with E-state index >= 15 is 0 Å². The van der Waals surface area contributed by atoms with Gasteiger partial charge in [-0.05, 0) is 58.4 Å². The van der Waals surface area contributed by atoms with Crippen LogP contribution < -0.4 is 5.32 Å². The summed E-state index contributed by atoms with van der Waals surface area (Å²) in [7, 11) is 2.31. The van der Waals surface area contributed by atoms with E-state index in [2.05, 4.69) is 49.9 Å². The van der Waals surface area contributed by atoms with E-state index < -0.39 is 0 Å². The van der Waals surface area contributed by atoms with Crippen LogP contribution in [0.3, 0.4) is 0 Å². The third kappa shape index (κ3) is 5.80. The Kier molecular flexibility index (Phi) is 7.96. The van der Waals surface area contributed by atoms with E-state index in [1.54, 1.807) is 0 Å². The minimum Gasteiger partial charge on any atom is -0.312 e. The van der Waals surface area contributed by atoms with Gasteiger partial charge in [0.15, 0.2) is 0 Å². The lowest BCUT2D eigenvalue weighted by molar-refractivity contribution is 0.117. The van der Waals surface area contributed by atoms with Crippen molar-refractivity contribution in [3.05, 3.63) is 0 Å². The molecule has 1 aliphatic rings. The first kappa shape index (κ1) is 16.9. The van der Waals surface area contributed by atoms with Gasteiger partial charge in [-0.2, -0.15) is 0 Å². The number of piperidine rings is 1. The van der Waals surface area contributed by atoms with Gasteiger partial charge in [0.1, 0.15) is 0 Å². The number of nitrogens with zero attached hydrogens (tertiary/aromatic N) is 2. The van der Waals surface area contributed by atoms with Crippen LogP contribution in [0.2, 0.25) is 0 Å². The van der Waals surface area contributed by atoms with Crippen molar-refractivity contribution in [3.63, 3.8) is 0 Å². The standard InChI is InChI=1S/C16H35N3/c1-6-10-17-16(14(3)4)13-18(5)15-8-11-19(7-2)12-9-15/h14-17H,6-13H2,1-5H3. The molecule has 1 rings (SSSR count). The highest BCUT2D eigenvalue weighted by atomic mass is 15.2. The molecular weight excluding hydrogens is 234 g/mol. The maximum Gasteiger partial charge on any atom is 0.0217 e. The molecule has 0 aromatic heterocycles. The fraction of sp³-hybridized carbons (Fsp3) is 1.00. The fourth-order valence-electron chi connectivity index (χ4n) is 2.98. The molecule has 3 nitrogen and oxygen atoms in total. The third-order valence-electron chi connectivity index (χ3n) is 4.57. The Morgan fingerprint density at radius 1 is 1.21 bits per heavy atom. The summed E-state index contributed by atoms with van der Waals surface area (Å²) in [6.07, 6.45) is 3.90. The van der Waals surface area contributed by atoms with E-state index in [9.17, 15) is 0 Å². The molecule has 0 amide bonds. The van der Waals surface area contributed by atoms with Gasteiger partial charge < -0.3 is 15.1 Å². The van der Waals surface area contributed by atoms with E-state index in [0.717, 1.165) is 12.6 Å². The monoisotopic (exact) mass is 269 g/mol. The van der Waals surface area contributed by atoms with E-state index in [4.69, 9.17) is 0 Å².